The predicted molar refractivity (Wildman–Crippen MR) is 156 cm³/mol. The van der Waals surface area contributed by atoms with Gasteiger partial charge in [-0.25, -0.2) is 0 Å². The van der Waals surface area contributed by atoms with Crippen LogP contribution in [0.15, 0.2) is 72.3 Å². The van der Waals surface area contributed by atoms with Crippen LogP contribution in [0.5, 0.6) is 11.5 Å². The molecule has 1 aliphatic rings. The van der Waals surface area contributed by atoms with Crippen LogP contribution in [0.3, 0.4) is 0 Å². The smallest absolute Gasteiger partial charge is 0.307 e. The Morgan fingerprint density at radius 2 is 1.51 bits per heavy atom. The van der Waals surface area contributed by atoms with Crippen LogP contribution >= 0.6 is 0 Å². The first-order chi connectivity index (χ1) is 19.5. The Morgan fingerprint density at radius 3 is 2.07 bits per heavy atom. The SMILES string of the molecule is CCOc1ccc(/C(O)=C2/C(=O)C(=O)N(c3ccc(CC(=O)O)cc3)C2c2ccc(C(C)(C)C)cc2)c(OCC)c1. The Kier molecular flexibility index (Phi) is 8.52. The van der Waals surface area contributed by atoms with E-state index in [2.05, 4.69) is 20.8 Å². The minimum Gasteiger partial charge on any atom is -0.507 e. The molecule has 1 atom stereocenters. The predicted octanol–water partition coefficient (Wildman–Crippen LogP) is 6.03. The molecule has 4 rings (SSSR count). The first-order valence-corrected chi connectivity index (χ1v) is 13.6. The lowest BCUT2D eigenvalue weighted by Crippen LogP contribution is -2.29. The van der Waals surface area contributed by atoms with E-state index in [1.54, 1.807) is 49.4 Å². The second kappa shape index (κ2) is 11.9. The summed E-state index contributed by atoms with van der Waals surface area (Å²) in [4.78, 5) is 39.7. The maximum atomic E-state index is 13.6. The van der Waals surface area contributed by atoms with Crippen LogP contribution in [-0.2, 0) is 26.2 Å². The van der Waals surface area contributed by atoms with Crippen LogP contribution in [0.4, 0.5) is 5.69 Å². The Bertz CT molecular complexity index is 1480. The van der Waals surface area contributed by atoms with E-state index in [0.717, 1.165) is 5.56 Å². The van der Waals surface area contributed by atoms with Gasteiger partial charge in [0.05, 0.1) is 36.8 Å². The van der Waals surface area contributed by atoms with Crippen LogP contribution in [0, 0.1) is 0 Å². The van der Waals surface area contributed by atoms with Crippen LogP contribution < -0.4 is 14.4 Å². The van der Waals surface area contributed by atoms with Crippen molar-refractivity contribution in [2.75, 3.05) is 18.1 Å². The van der Waals surface area contributed by atoms with Crippen molar-refractivity contribution < 1.29 is 34.1 Å². The normalized spacial score (nSPS) is 16.6. The third-order valence-corrected chi connectivity index (χ3v) is 6.93. The van der Waals surface area contributed by atoms with Crippen LogP contribution in [0.2, 0.25) is 0 Å². The topological polar surface area (TPSA) is 113 Å². The Hall–Kier alpha value is -4.59. The summed E-state index contributed by atoms with van der Waals surface area (Å²) in [5.41, 5.74) is 2.74. The molecule has 1 aliphatic heterocycles. The molecule has 1 saturated heterocycles. The Labute approximate surface area is 239 Å². The molecule has 1 amide bonds. The zero-order valence-electron chi connectivity index (χ0n) is 23.9. The van der Waals surface area contributed by atoms with Crippen LogP contribution in [0.25, 0.3) is 5.76 Å². The number of aliphatic carboxylic acids is 1. The number of Topliss-reactive ketones (excluding diaryl/α,β-unsaturated/α-hetero) is 1. The molecule has 0 saturated carbocycles. The fourth-order valence-corrected chi connectivity index (χ4v) is 4.90. The van der Waals surface area contributed by atoms with Gasteiger partial charge in [0.2, 0.25) is 0 Å². The highest BCUT2D eigenvalue weighted by atomic mass is 16.5. The highest BCUT2D eigenvalue weighted by Crippen LogP contribution is 2.44. The van der Waals surface area contributed by atoms with Crippen LogP contribution in [-0.4, -0.2) is 41.1 Å². The summed E-state index contributed by atoms with van der Waals surface area (Å²) in [6.45, 7) is 10.7. The van der Waals surface area contributed by atoms with E-state index in [-0.39, 0.29) is 28.7 Å². The van der Waals surface area contributed by atoms with Gasteiger partial charge in [-0.05, 0) is 60.2 Å². The Balaban J connectivity index is 1.91. The minimum atomic E-state index is -0.974. The molecule has 41 heavy (non-hydrogen) atoms. The molecule has 0 radical (unpaired) electrons. The van der Waals surface area contributed by atoms with Gasteiger partial charge in [0.15, 0.2) is 0 Å². The first-order valence-electron chi connectivity index (χ1n) is 13.6. The number of hydrogen-bond donors (Lipinski definition) is 2. The van der Waals surface area contributed by atoms with Gasteiger partial charge in [-0.3, -0.25) is 19.3 Å². The molecule has 214 valence electrons. The second-order valence-electron chi connectivity index (χ2n) is 10.8. The molecule has 0 aromatic heterocycles. The van der Waals surface area contributed by atoms with Gasteiger partial charge < -0.3 is 19.7 Å². The fraction of sp³-hybridized carbons (Fsp3) is 0.303. The Morgan fingerprint density at radius 1 is 0.878 bits per heavy atom. The van der Waals surface area contributed by atoms with Crippen molar-refractivity contribution in [2.24, 2.45) is 0 Å². The van der Waals surface area contributed by atoms with Gasteiger partial charge in [0, 0.05) is 11.8 Å². The number of anilines is 1. The molecule has 3 aromatic carbocycles. The molecule has 0 aliphatic carbocycles. The molecule has 1 heterocycles. The van der Waals surface area contributed by atoms with Gasteiger partial charge >= 0.3 is 5.97 Å². The lowest BCUT2D eigenvalue weighted by atomic mass is 9.85. The maximum absolute atomic E-state index is 13.6. The van der Waals surface area contributed by atoms with Gasteiger partial charge in [-0.2, -0.15) is 0 Å². The van der Waals surface area contributed by atoms with E-state index in [9.17, 15) is 19.5 Å². The number of aliphatic hydroxyl groups is 1. The molecule has 0 spiro atoms. The number of carbonyl (C=O) groups excluding carboxylic acids is 2. The fourth-order valence-electron chi connectivity index (χ4n) is 4.90. The molecule has 8 heteroatoms. The highest BCUT2D eigenvalue weighted by Gasteiger charge is 2.47. The van der Waals surface area contributed by atoms with Gasteiger partial charge in [0.1, 0.15) is 17.3 Å². The molecule has 2 N–H and O–H groups in total. The number of ether oxygens (including phenoxy) is 2. The number of amides is 1. The van der Waals surface area contributed by atoms with Gasteiger partial charge in [0.25, 0.3) is 11.7 Å². The number of hydrogen-bond acceptors (Lipinski definition) is 6. The number of ketones is 1. The summed E-state index contributed by atoms with van der Waals surface area (Å²) >= 11 is 0. The number of nitrogens with zero attached hydrogens (tertiary/aromatic N) is 1. The van der Waals surface area contributed by atoms with E-state index in [1.807, 2.05) is 31.2 Å². The largest absolute Gasteiger partial charge is 0.507 e. The number of benzene rings is 3. The molecule has 0 bridgehead atoms. The van der Waals surface area contributed by atoms with Crippen molar-refractivity contribution in [1.29, 1.82) is 0 Å². The van der Waals surface area contributed by atoms with E-state index in [4.69, 9.17) is 14.6 Å². The van der Waals surface area contributed by atoms with Crippen molar-refractivity contribution in [1.82, 2.24) is 0 Å². The quantitative estimate of drug-likeness (QED) is 0.187. The number of carboxylic acids is 1. The molecular formula is C33H35NO7. The zero-order chi connectivity index (χ0) is 29.9. The summed E-state index contributed by atoms with van der Waals surface area (Å²) < 4.78 is 11.4. The summed E-state index contributed by atoms with van der Waals surface area (Å²) in [6, 6.07) is 18.1. The van der Waals surface area contributed by atoms with E-state index < -0.39 is 23.7 Å². The van der Waals surface area contributed by atoms with Crippen molar-refractivity contribution in [3.05, 3.63) is 94.6 Å². The molecule has 8 nitrogen and oxygen atoms in total. The van der Waals surface area contributed by atoms with E-state index in [0.29, 0.717) is 41.5 Å². The van der Waals surface area contributed by atoms with Crippen molar-refractivity contribution in [3.63, 3.8) is 0 Å². The third kappa shape index (κ3) is 6.11. The summed E-state index contributed by atoms with van der Waals surface area (Å²) in [5, 5.41) is 20.8. The zero-order valence-corrected chi connectivity index (χ0v) is 23.9. The third-order valence-electron chi connectivity index (χ3n) is 6.93. The van der Waals surface area contributed by atoms with E-state index >= 15 is 0 Å². The number of carbonyl (C=O) groups is 3. The van der Waals surface area contributed by atoms with Crippen molar-refractivity contribution in [2.45, 2.75) is 52.5 Å². The average molecular weight is 558 g/mol. The lowest BCUT2D eigenvalue weighted by Gasteiger charge is -2.27. The van der Waals surface area contributed by atoms with E-state index in [1.165, 1.54) is 4.90 Å². The monoisotopic (exact) mass is 557 g/mol. The summed E-state index contributed by atoms with van der Waals surface area (Å²) in [6.07, 6.45) is -0.172. The number of rotatable bonds is 9. The summed E-state index contributed by atoms with van der Waals surface area (Å²) in [7, 11) is 0. The maximum Gasteiger partial charge on any atom is 0.307 e. The first kappa shape index (κ1) is 29.4. The summed E-state index contributed by atoms with van der Waals surface area (Å²) in [5.74, 6) is -2.10. The molecule has 1 fully saturated rings. The molecule has 1 unspecified atom stereocenters. The molecular weight excluding hydrogens is 522 g/mol. The minimum absolute atomic E-state index is 0.0711. The average Bonchev–Trinajstić information content (AvgIpc) is 3.19. The lowest BCUT2D eigenvalue weighted by molar-refractivity contribution is -0.136. The van der Waals surface area contributed by atoms with Gasteiger partial charge in [-0.1, -0.05) is 57.2 Å². The van der Waals surface area contributed by atoms with Crippen molar-refractivity contribution in [3.8, 4) is 11.5 Å². The standard InChI is InChI=1S/C33H35NO7/c1-6-40-24-16-17-25(26(19-24)41-7-2)30(37)28-29(21-10-12-22(13-11-21)33(3,4)5)34(32(39)31(28)38)23-14-8-20(9-15-23)18-27(35)36/h8-17,19,29,37H,6-7,18H2,1-5H3,(H,35,36)/b30-28-. The number of carboxylic acid groups (broad SMARTS) is 1. The van der Waals surface area contributed by atoms with Crippen LogP contribution in [0.1, 0.15) is 62.9 Å². The highest BCUT2D eigenvalue weighted by molar-refractivity contribution is 6.51. The molecule has 3 aromatic rings. The number of aliphatic hydroxyl groups excluding tert-OH is 1. The second-order valence-corrected chi connectivity index (χ2v) is 10.8. The van der Waals surface area contributed by atoms with Gasteiger partial charge in [-0.15, -0.1) is 0 Å². The van der Waals surface area contributed by atoms with Crippen molar-refractivity contribution >= 4 is 29.1 Å².